The van der Waals surface area contributed by atoms with E-state index in [1.165, 1.54) is 12.1 Å². The fourth-order valence-electron chi connectivity index (χ4n) is 2.18. The van der Waals surface area contributed by atoms with E-state index in [1.807, 2.05) is 0 Å². The van der Waals surface area contributed by atoms with Crippen molar-refractivity contribution >= 4 is 5.78 Å². The van der Waals surface area contributed by atoms with Crippen molar-refractivity contribution in [2.24, 2.45) is 0 Å². The van der Waals surface area contributed by atoms with Crippen molar-refractivity contribution in [1.82, 2.24) is 0 Å². The van der Waals surface area contributed by atoms with Crippen LogP contribution >= 0.6 is 0 Å². The molecule has 2 rings (SSSR count). The molecule has 0 unspecified atom stereocenters. The average Bonchev–Trinajstić information content (AvgIpc) is 2.36. The molecule has 1 nitrogen and oxygen atoms in total. The second-order valence-corrected chi connectivity index (χ2v) is 4.85. The Kier molecular flexibility index (Phi) is 3.85. The lowest BCUT2D eigenvalue weighted by atomic mass is 9.96. The highest BCUT2D eigenvalue weighted by Crippen LogP contribution is 2.30. The first-order valence-corrected chi connectivity index (χ1v) is 6.19. The molecule has 0 fully saturated rings. The SMILES string of the molecule is Cc1cc(C)c(C(=O)c2cccc(C(F)(F)F)c2)c(F)c1. The second kappa shape index (κ2) is 5.31. The number of carbonyl (C=O) groups excluding carboxylic acids is 1. The summed E-state index contributed by atoms with van der Waals surface area (Å²) in [4.78, 5) is 12.3. The van der Waals surface area contributed by atoms with Crippen LogP contribution in [0.25, 0.3) is 0 Å². The summed E-state index contributed by atoms with van der Waals surface area (Å²) >= 11 is 0. The predicted molar refractivity (Wildman–Crippen MR) is 70.8 cm³/mol. The van der Waals surface area contributed by atoms with Gasteiger partial charge in [0.15, 0.2) is 5.78 Å². The molecule has 0 aliphatic rings. The highest BCUT2D eigenvalue weighted by atomic mass is 19.4. The summed E-state index contributed by atoms with van der Waals surface area (Å²) in [5.41, 5.74) is -0.269. The molecule has 0 N–H and O–H groups in total. The summed E-state index contributed by atoms with van der Waals surface area (Å²) in [6.45, 7) is 3.23. The smallest absolute Gasteiger partial charge is 0.288 e. The van der Waals surface area contributed by atoms with Crippen LogP contribution in [-0.4, -0.2) is 5.78 Å². The van der Waals surface area contributed by atoms with Gasteiger partial charge in [-0.25, -0.2) is 4.39 Å². The second-order valence-electron chi connectivity index (χ2n) is 4.85. The number of rotatable bonds is 2. The van der Waals surface area contributed by atoms with Gasteiger partial charge in [0.2, 0.25) is 0 Å². The molecule has 2 aromatic carbocycles. The minimum atomic E-state index is -4.54. The van der Waals surface area contributed by atoms with Crippen LogP contribution in [0.15, 0.2) is 36.4 Å². The van der Waals surface area contributed by atoms with E-state index in [9.17, 15) is 22.4 Å². The Balaban J connectivity index is 2.51. The number of halogens is 4. The highest BCUT2D eigenvalue weighted by Gasteiger charge is 2.31. The quantitative estimate of drug-likeness (QED) is 0.580. The fraction of sp³-hybridized carbons (Fsp3) is 0.188. The van der Waals surface area contributed by atoms with Gasteiger partial charge < -0.3 is 0 Å². The Morgan fingerprint density at radius 1 is 1.05 bits per heavy atom. The van der Waals surface area contributed by atoms with Crippen LogP contribution < -0.4 is 0 Å². The van der Waals surface area contributed by atoms with Crippen LogP contribution in [0.4, 0.5) is 17.6 Å². The first-order valence-electron chi connectivity index (χ1n) is 6.19. The Labute approximate surface area is 119 Å². The van der Waals surface area contributed by atoms with E-state index < -0.39 is 23.3 Å². The molecule has 0 spiro atoms. The zero-order chi connectivity index (χ0) is 15.8. The molecule has 0 saturated heterocycles. The largest absolute Gasteiger partial charge is 0.416 e. The molecule has 0 aromatic heterocycles. The van der Waals surface area contributed by atoms with Crippen molar-refractivity contribution in [3.63, 3.8) is 0 Å². The standard InChI is InChI=1S/C16H12F4O/c1-9-6-10(2)14(13(17)7-9)15(21)11-4-3-5-12(8-11)16(18,19)20/h3-8H,1-2H3. The Morgan fingerprint density at radius 3 is 2.29 bits per heavy atom. The molecule has 0 amide bonds. The minimum absolute atomic E-state index is 0.185. The van der Waals surface area contributed by atoms with Crippen molar-refractivity contribution in [3.8, 4) is 0 Å². The third-order valence-corrected chi connectivity index (χ3v) is 3.11. The third-order valence-electron chi connectivity index (χ3n) is 3.11. The molecule has 5 heteroatoms. The van der Waals surface area contributed by atoms with Crippen molar-refractivity contribution < 1.29 is 22.4 Å². The van der Waals surface area contributed by atoms with Crippen molar-refractivity contribution in [2.75, 3.05) is 0 Å². The van der Waals surface area contributed by atoms with Gasteiger partial charge in [0, 0.05) is 5.56 Å². The minimum Gasteiger partial charge on any atom is -0.288 e. The Morgan fingerprint density at radius 2 is 1.71 bits per heavy atom. The Hall–Kier alpha value is -2.17. The topological polar surface area (TPSA) is 17.1 Å². The van der Waals surface area contributed by atoms with Crippen molar-refractivity contribution in [2.45, 2.75) is 20.0 Å². The van der Waals surface area contributed by atoms with Crippen LogP contribution in [0, 0.1) is 19.7 Å². The highest BCUT2D eigenvalue weighted by molar-refractivity contribution is 6.10. The Bertz CT molecular complexity index is 679. The van der Waals surface area contributed by atoms with E-state index >= 15 is 0 Å². The molecule has 0 radical (unpaired) electrons. The van der Waals surface area contributed by atoms with Gasteiger partial charge in [0.25, 0.3) is 0 Å². The molecule has 0 atom stereocenters. The first-order chi connectivity index (χ1) is 9.70. The van der Waals surface area contributed by atoms with Gasteiger partial charge >= 0.3 is 6.18 Å². The predicted octanol–water partition coefficient (Wildman–Crippen LogP) is 4.69. The summed E-state index contributed by atoms with van der Waals surface area (Å²) in [6.07, 6.45) is -4.54. The van der Waals surface area contributed by atoms with Gasteiger partial charge in [-0.3, -0.25) is 4.79 Å². The van der Waals surface area contributed by atoms with Crippen LogP contribution in [0.5, 0.6) is 0 Å². The molecule has 0 heterocycles. The van der Waals surface area contributed by atoms with Crippen LogP contribution in [0.1, 0.15) is 32.6 Å². The van der Waals surface area contributed by atoms with Crippen molar-refractivity contribution in [3.05, 3.63) is 70.0 Å². The number of hydrogen-bond donors (Lipinski definition) is 0. The zero-order valence-electron chi connectivity index (χ0n) is 11.4. The van der Waals surface area contributed by atoms with Gasteiger partial charge in [-0.1, -0.05) is 18.2 Å². The van der Waals surface area contributed by atoms with E-state index in [0.29, 0.717) is 11.1 Å². The fourth-order valence-corrected chi connectivity index (χ4v) is 2.18. The number of ketones is 1. The number of hydrogen-bond acceptors (Lipinski definition) is 1. The molecule has 0 bridgehead atoms. The van der Waals surface area contributed by atoms with E-state index in [0.717, 1.165) is 18.2 Å². The van der Waals surface area contributed by atoms with Crippen molar-refractivity contribution in [1.29, 1.82) is 0 Å². The van der Waals surface area contributed by atoms with Gasteiger partial charge in [-0.15, -0.1) is 0 Å². The van der Waals surface area contributed by atoms with Gasteiger partial charge in [0.1, 0.15) is 5.82 Å². The zero-order valence-corrected chi connectivity index (χ0v) is 11.4. The summed E-state index contributed by atoms with van der Waals surface area (Å²) < 4.78 is 51.9. The first kappa shape index (κ1) is 15.2. The van der Waals surface area contributed by atoms with E-state index in [4.69, 9.17) is 0 Å². The summed E-state index contributed by atoms with van der Waals surface area (Å²) in [7, 11) is 0. The van der Waals surface area contributed by atoms with E-state index in [-0.39, 0.29) is 11.1 Å². The molecule has 21 heavy (non-hydrogen) atoms. The summed E-state index contributed by atoms with van der Waals surface area (Å²) in [5.74, 6) is -1.48. The maximum absolute atomic E-state index is 13.9. The lowest BCUT2D eigenvalue weighted by molar-refractivity contribution is -0.137. The van der Waals surface area contributed by atoms with E-state index in [1.54, 1.807) is 19.9 Å². The molecular weight excluding hydrogens is 284 g/mol. The molecule has 0 aliphatic heterocycles. The number of alkyl halides is 3. The number of carbonyl (C=O) groups is 1. The number of benzene rings is 2. The molecule has 0 saturated carbocycles. The van der Waals surface area contributed by atoms with Crippen LogP contribution in [0.2, 0.25) is 0 Å². The normalized spacial score (nSPS) is 11.5. The van der Waals surface area contributed by atoms with Gasteiger partial charge in [0.05, 0.1) is 11.1 Å². The summed E-state index contributed by atoms with van der Waals surface area (Å²) in [5, 5.41) is 0. The monoisotopic (exact) mass is 296 g/mol. The van der Waals surface area contributed by atoms with Crippen LogP contribution in [0.3, 0.4) is 0 Å². The lowest BCUT2D eigenvalue weighted by Gasteiger charge is -2.10. The molecular formula is C16H12F4O. The lowest BCUT2D eigenvalue weighted by Crippen LogP contribution is -2.10. The van der Waals surface area contributed by atoms with Crippen LogP contribution in [-0.2, 0) is 6.18 Å². The maximum atomic E-state index is 13.9. The molecule has 0 aliphatic carbocycles. The maximum Gasteiger partial charge on any atom is 0.416 e. The molecule has 110 valence electrons. The summed E-state index contributed by atoms with van der Waals surface area (Å²) in [6, 6.07) is 6.79. The third kappa shape index (κ3) is 3.12. The number of aryl methyl sites for hydroxylation is 2. The molecule has 2 aromatic rings. The van der Waals surface area contributed by atoms with Gasteiger partial charge in [-0.2, -0.15) is 13.2 Å². The van der Waals surface area contributed by atoms with Gasteiger partial charge in [-0.05, 0) is 43.2 Å². The average molecular weight is 296 g/mol. The van der Waals surface area contributed by atoms with E-state index in [2.05, 4.69) is 0 Å².